The zero-order chi connectivity index (χ0) is 13.8. The molecule has 1 aromatic carbocycles. The van der Waals surface area contributed by atoms with Gasteiger partial charge in [0.2, 0.25) is 0 Å². The Hall–Kier alpha value is -2.14. The maximum absolute atomic E-state index is 12.0. The summed E-state index contributed by atoms with van der Waals surface area (Å²) in [6.07, 6.45) is 5.57. The molecule has 0 aliphatic carbocycles. The second-order valence-electron chi connectivity index (χ2n) is 4.85. The van der Waals surface area contributed by atoms with Gasteiger partial charge in [0.25, 0.3) is 5.91 Å². The summed E-state index contributed by atoms with van der Waals surface area (Å²) in [6, 6.07) is 9.71. The van der Waals surface area contributed by atoms with E-state index >= 15 is 0 Å². The zero-order valence-electron chi connectivity index (χ0n) is 11.2. The summed E-state index contributed by atoms with van der Waals surface area (Å²) in [6.45, 7) is 1.36. The maximum atomic E-state index is 12.0. The lowest BCUT2D eigenvalue weighted by Crippen LogP contribution is -2.31. The molecule has 0 radical (unpaired) electrons. The molecule has 20 heavy (non-hydrogen) atoms. The van der Waals surface area contributed by atoms with Crippen molar-refractivity contribution in [2.75, 3.05) is 13.2 Å². The number of benzene rings is 1. The van der Waals surface area contributed by atoms with E-state index in [0.29, 0.717) is 12.1 Å². The van der Waals surface area contributed by atoms with E-state index in [9.17, 15) is 4.79 Å². The fraction of sp³-hybridized carbons (Fsp3) is 0.333. The average Bonchev–Trinajstić information content (AvgIpc) is 3.17. The molecular formula is C15H17N3O2. The SMILES string of the molecule is O=C(NC[C@H]1CCCO1)c1cnn(-c2ccccc2)c1. The van der Waals surface area contributed by atoms with Crippen molar-refractivity contribution >= 4 is 5.91 Å². The summed E-state index contributed by atoms with van der Waals surface area (Å²) < 4.78 is 7.17. The van der Waals surface area contributed by atoms with Crippen molar-refractivity contribution in [1.82, 2.24) is 15.1 Å². The van der Waals surface area contributed by atoms with Gasteiger partial charge < -0.3 is 10.1 Å². The number of aromatic nitrogens is 2. The number of amides is 1. The first-order valence-electron chi connectivity index (χ1n) is 6.83. The summed E-state index contributed by atoms with van der Waals surface area (Å²) in [5, 5.41) is 7.10. The first-order valence-corrected chi connectivity index (χ1v) is 6.83. The number of nitrogens with zero attached hydrogens (tertiary/aromatic N) is 2. The number of carbonyl (C=O) groups is 1. The van der Waals surface area contributed by atoms with Crippen LogP contribution < -0.4 is 5.32 Å². The van der Waals surface area contributed by atoms with Gasteiger partial charge in [-0.25, -0.2) is 4.68 Å². The highest BCUT2D eigenvalue weighted by Gasteiger charge is 2.17. The summed E-state index contributed by atoms with van der Waals surface area (Å²) in [5.41, 5.74) is 1.50. The summed E-state index contributed by atoms with van der Waals surface area (Å²) >= 11 is 0. The second-order valence-corrected chi connectivity index (χ2v) is 4.85. The highest BCUT2D eigenvalue weighted by Crippen LogP contribution is 2.11. The van der Waals surface area contributed by atoms with Crippen LogP contribution in [-0.2, 0) is 4.74 Å². The Labute approximate surface area is 117 Å². The van der Waals surface area contributed by atoms with Crippen molar-refractivity contribution in [3.05, 3.63) is 48.3 Å². The van der Waals surface area contributed by atoms with Crippen LogP contribution in [0.3, 0.4) is 0 Å². The quantitative estimate of drug-likeness (QED) is 0.922. The van der Waals surface area contributed by atoms with E-state index in [4.69, 9.17) is 4.74 Å². The predicted molar refractivity (Wildman–Crippen MR) is 74.9 cm³/mol. The zero-order valence-corrected chi connectivity index (χ0v) is 11.2. The molecule has 1 fully saturated rings. The molecule has 0 unspecified atom stereocenters. The smallest absolute Gasteiger partial charge is 0.254 e. The van der Waals surface area contributed by atoms with Crippen LogP contribution in [0.2, 0.25) is 0 Å². The van der Waals surface area contributed by atoms with Gasteiger partial charge in [-0.2, -0.15) is 5.10 Å². The van der Waals surface area contributed by atoms with Gasteiger partial charge in [0.1, 0.15) is 0 Å². The van der Waals surface area contributed by atoms with Gasteiger partial charge >= 0.3 is 0 Å². The Morgan fingerprint density at radius 3 is 3.00 bits per heavy atom. The third-order valence-electron chi connectivity index (χ3n) is 3.38. The van der Waals surface area contributed by atoms with Gasteiger partial charge in [-0.1, -0.05) is 18.2 Å². The summed E-state index contributed by atoms with van der Waals surface area (Å²) in [4.78, 5) is 12.0. The number of nitrogens with one attached hydrogen (secondary N) is 1. The Morgan fingerprint density at radius 2 is 2.25 bits per heavy atom. The molecule has 0 bridgehead atoms. The van der Waals surface area contributed by atoms with Crippen LogP contribution in [-0.4, -0.2) is 34.9 Å². The van der Waals surface area contributed by atoms with Crippen LogP contribution in [0.1, 0.15) is 23.2 Å². The van der Waals surface area contributed by atoms with Gasteiger partial charge in [0, 0.05) is 19.3 Å². The number of para-hydroxylation sites is 1. The Balaban J connectivity index is 1.62. The van der Waals surface area contributed by atoms with E-state index in [2.05, 4.69) is 10.4 Å². The van der Waals surface area contributed by atoms with Gasteiger partial charge in [-0.15, -0.1) is 0 Å². The topological polar surface area (TPSA) is 56.1 Å². The number of ether oxygens (including phenoxy) is 1. The lowest BCUT2D eigenvalue weighted by Gasteiger charge is -2.09. The van der Waals surface area contributed by atoms with E-state index < -0.39 is 0 Å². The monoisotopic (exact) mass is 271 g/mol. The van der Waals surface area contributed by atoms with E-state index in [1.807, 2.05) is 30.3 Å². The predicted octanol–water partition coefficient (Wildman–Crippen LogP) is 1.78. The van der Waals surface area contributed by atoms with Crippen molar-refractivity contribution in [1.29, 1.82) is 0 Å². The molecule has 5 heteroatoms. The first kappa shape index (κ1) is 12.9. The normalized spacial score (nSPS) is 18.1. The molecule has 1 saturated heterocycles. The van der Waals surface area contributed by atoms with E-state index in [1.165, 1.54) is 0 Å². The second kappa shape index (κ2) is 5.88. The molecule has 104 valence electrons. The molecule has 2 aromatic rings. The fourth-order valence-electron chi connectivity index (χ4n) is 2.28. The highest BCUT2D eigenvalue weighted by atomic mass is 16.5. The van der Waals surface area contributed by atoms with Crippen LogP contribution >= 0.6 is 0 Å². The molecule has 1 N–H and O–H groups in total. The van der Waals surface area contributed by atoms with Crippen LogP contribution in [0.5, 0.6) is 0 Å². The lowest BCUT2D eigenvalue weighted by atomic mass is 10.2. The van der Waals surface area contributed by atoms with E-state index in [-0.39, 0.29) is 12.0 Å². The maximum Gasteiger partial charge on any atom is 0.254 e. The van der Waals surface area contributed by atoms with Crippen molar-refractivity contribution in [3.8, 4) is 5.69 Å². The Bertz CT molecular complexity index is 574. The van der Waals surface area contributed by atoms with Gasteiger partial charge in [0.05, 0.1) is 23.6 Å². The number of hydrogen-bond donors (Lipinski definition) is 1. The molecule has 0 spiro atoms. The van der Waals surface area contributed by atoms with Gasteiger partial charge in [-0.3, -0.25) is 4.79 Å². The van der Waals surface area contributed by atoms with Gasteiger partial charge in [0.15, 0.2) is 0 Å². The van der Waals surface area contributed by atoms with Crippen molar-refractivity contribution in [2.45, 2.75) is 18.9 Å². The molecule has 1 amide bonds. The average molecular weight is 271 g/mol. The van der Waals surface area contributed by atoms with Crippen LogP contribution in [0.4, 0.5) is 0 Å². The van der Waals surface area contributed by atoms with E-state index in [1.54, 1.807) is 17.1 Å². The lowest BCUT2D eigenvalue weighted by molar-refractivity contribution is 0.0858. The van der Waals surface area contributed by atoms with Crippen molar-refractivity contribution < 1.29 is 9.53 Å². The largest absolute Gasteiger partial charge is 0.376 e. The molecule has 1 atom stereocenters. The minimum Gasteiger partial charge on any atom is -0.376 e. The fourth-order valence-corrected chi connectivity index (χ4v) is 2.28. The Morgan fingerprint density at radius 1 is 1.40 bits per heavy atom. The van der Waals surface area contributed by atoms with Crippen LogP contribution in [0, 0.1) is 0 Å². The van der Waals surface area contributed by atoms with Crippen LogP contribution in [0.15, 0.2) is 42.7 Å². The van der Waals surface area contributed by atoms with E-state index in [0.717, 1.165) is 25.1 Å². The van der Waals surface area contributed by atoms with Crippen molar-refractivity contribution in [2.24, 2.45) is 0 Å². The number of carbonyl (C=O) groups excluding carboxylic acids is 1. The summed E-state index contributed by atoms with van der Waals surface area (Å²) in [7, 11) is 0. The standard InChI is InChI=1S/C15H17N3O2/c19-15(16-10-14-7-4-8-20-14)12-9-17-18(11-12)13-5-2-1-3-6-13/h1-3,5-6,9,11,14H,4,7-8,10H2,(H,16,19)/t14-/m1/s1. The third-order valence-corrected chi connectivity index (χ3v) is 3.38. The highest BCUT2D eigenvalue weighted by molar-refractivity contribution is 5.93. The minimum absolute atomic E-state index is 0.109. The number of hydrogen-bond acceptors (Lipinski definition) is 3. The van der Waals surface area contributed by atoms with Crippen LogP contribution in [0.25, 0.3) is 5.69 Å². The molecule has 0 saturated carbocycles. The molecule has 1 aliphatic rings. The molecule has 1 aliphatic heterocycles. The molecule has 1 aromatic heterocycles. The molecule has 2 heterocycles. The Kier molecular flexibility index (Phi) is 3.78. The molecule has 5 nitrogen and oxygen atoms in total. The first-order chi connectivity index (χ1) is 9.83. The molecular weight excluding hydrogens is 254 g/mol. The summed E-state index contributed by atoms with van der Waals surface area (Å²) in [5.74, 6) is -0.109. The molecule has 3 rings (SSSR count). The number of rotatable bonds is 4. The third kappa shape index (κ3) is 2.88. The minimum atomic E-state index is -0.109. The van der Waals surface area contributed by atoms with Crippen molar-refractivity contribution in [3.63, 3.8) is 0 Å². The van der Waals surface area contributed by atoms with Gasteiger partial charge in [-0.05, 0) is 25.0 Å².